The molecule has 0 aliphatic rings. The first-order valence-electron chi connectivity index (χ1n) is 5.25. The van der Waals surface area contributed by atoms with Gasteiger partial charge in [-0.05, 0) is 30.7 Å². The van der Waals surface area contributed by atoms with Gasteiger partial charge in [-0.2, -0.15) is 0 Å². The molecule has 4 nitrogen and oxygen atoms in total. The van der Waals surface area contributed by atoms with Crippen molar-refractivity contribution in [2.45, 2.75) is 13.0 Å². The lowest BCUT2D eigenvalue weighted by Crippen LogP contribution is -2.21. The molecule has 0 saturated heterocycles. The number of hydrogen-bond donors (Lipinski definition) is 2. The first-order valence-corrected chi connectivity index (χ1v) is 5.78. The molecule has 0 aliphatic carbocycles. The van der Waals surface area contributed by atoms with E-state index in [9.17, 15) is 9.90 Å². The number of aryl methyl sites for hydroxylation is 1. The van der Waals surface area contributed by atoms with Crippen molar-refractivity contribution in [3.05, 3.63) is 29.3 Å². The maximum atomic E-state index is 11.3. The molecule has 1 unspecified atom stereocenters. The molecule has 0 bridgehead atoms. The van der Waals surface area contributed by atoms with E-state index < -0.39 is 6.10 Å². The summed E-state index contributed by atoms with van der Waals surface area (Å²) in [7, 11) is 1.35. The zero-order chi connectivity index (χ0) is 12.8. The summed E-state index contributed by atoms with van der Waals surface area (Å²) in [5, 5.41) is 12.4. The van der Waals surface area contributed by atoms with Crippen molar-refractivity contribution in [1.29, 1.82) is 0 Å². The molecule has 1 atom stereocenters. The Kier molecular flexibility index (Phi) is 5.25. The number of aliphatic hydroxyl groups is 1. The number of hydrogen-bond acceptors (Lipinski definition) is 4. The van der Waals surface area contributed by atoms with Gasteiger partial charge in [-0.3, -0.25) is 0 Å². The molecule has 1 aromatic rings. The van der Waals surface area contributed by atoms with Crippen LogP contribution in [0.1, 0.15) is 15.9 Å². The van der Waals surface area contributed by atoms with Gasteiger partial charge in [0.15, 0.2) is 0 Å². The highest BCUT2D eigenvalue weighted by Crippen LogP contribution is 2.17. The van der Waals surface area contributed by atoms with Crippen LogP contribution in [0.5, 0.6) is 0 Å². The Balaban J connectivity index is 2.73. The largest absolute Gasteiger partial charge is 0.465 e. The van der Waals surface area contributed by atoms with E-state index in [0.717, 1.165) is 11.3 Å². The summed E-state index contributed by atoms with van der Waals surface area (Å²) < 4.78 is 4.63. The minimum Gasteiger partial charge on any atom is -0.465 e. The third-order valence-electron chi connectivity index (χ3n) is 2.35. The molecule has 0 fully saturated rings. The highest BCUT2D eigenvalue weighted by Gasteiger charge is 2.08. The molecule has 2 N–H and O–H groups in total. The van der Waals surface area contributed by atoms with E-state index >= 15 is 0 Å². The average Bonchev–Trinajstić information content (AvgIpc) is 2.35. The third-order valence-corrected chi connectivity index (χ3v) is 2.71. The van der Waals surface area contributed by atoms with Gasteiger partial charge in [-0.15, -0.1) is 11.6 Å². The van der Waals surface area contributed by atoms with Crippen LogP contribution in [-0.2, 0) is 4.74 Å². The summed E-state index contributed by atoms with van der Waals surface area (Å²) in [5.74, 6) is -0.174. The summed E-state index contributed by atoms with van der Waals surface area (Å²) >= 11 is 5.49. The fourth-order valence-corrected chi connectivity index (χ4v) is 1.50. The van der Waals surface area contributed by atoms with E-state index in [1.165, 1.54) is 7.11 Å². The zero-order valence-corrected chi connectivity index (χ0v) is 10.6. The lowest BCUT2D eigenvalue weighted by Gasteiger charge is -2.12. The number of anilines is 1. The van der Waals surface area contributed by atoms with E-state index in [1.54, 1.807) is 18.2 Å². The smallest absolute Gasteiger partial charge is 0.337 e. The Labute approximate surface area is 106 Å². The van der Waals surface area contributed by atoms with Crippen molar-refractivity contribution in [3.63, 3.8) is 0 Å². The quantitative estimate of drug-likeness (QED) is 0.624. The monoisotopic (exact) mass is 257 g/mol. The molecule has 0 amide bonds. The summed E-state index contributed by atoms with van der Waals surface area (Å²) in [6.45, 7) is 2.25. The summed E-state index contributed by atoms with van der Waals surface area (Å²) in [6.07, 6.45) is -0.587. The molecule has 0 saturated carbocycles. The van der Waals surface area contributed by atoms with Gasteiger partial charge < -0.3 is 15.2 Å². The lowest BCUT2D eigenvalue weighted by molar-refractivity contribution is 0.0600. The zero-order valence-electron chi connectivity index (χ0n) is 9.87. The number of nitrogens with one attached hydrogen (secondary N) is 1. The molecule has 0 aliphatic heterocycles. The van der Waals surface area contributed by atoms with E-state index in [-0.39, 0.29) is 11.8 Å². The highest BCUT2D eigenvalue weighted by molar-refractivity contribution is 6.18. The number of carbonyl (C=O) groups is 1. The standard InChI is InChI=1S/C12H16ClNO3/c1-8-5-9(12(16)17-2)3-4-11(8)14-7-10(15)6-13/h3-5,10,14-15H,6-7H2,1-2H3. The van der Waals surface area contributed by atoms with Crippen molar-refractivity contribution in [1.82, 2.24) is 0 Å². The Morgan fingerprint density at radius 3 is 2.82 bits per heavy atom. The van der Waals surface area contributed by atoms with Gasteiger partial charge in [0.05, 0.1) is 24.7 Å². The molecule has 1 rings (SSSR count). The van der Waals surface area contributed by atoms with Crippen LogP contribution in [-0.4, -0.2) is 36.7 Å². The Morgan fingerprint density at radius 2 is 2.29 bits per heavy atom. The van der Waals surface area contributed by atoms with Crippen LogP contribution in [0.3, 0.4) is 0 Å². The van der Waals surface area contributed by atoms with Crippen LogP contribution in [0, 0.1) is 6.92 Å². The number of benzene rings is 1. The molecule has 0 radical (unpaired) electrons. The number of alkyl halides is 1. The average molecular weight is 258 g/mol. The van der Waals surface area contributed by atoms with E-state index in [1.807, 2.05) is 6.92 Å². The van der Waals surface area contributed by atoms with Crippen molar-refractivity contribution in [3.8, 4) is 0 Å². The SMILES string of the molecule is COC(=O)c1ccc(NCC(O)CCl)c(C)c1. The second-order valence-electron chi connectivity index (χ2n) is 3.71. The van der Waals surface area contributed by atoms with Gasteiger partial charge in [-0.25, -0.2) is 4.79 Å². The van der Waals surface area contributed by atoms with Crippen LogP contribution in [0.4, 0.5) is 5.69 Å². The molecule has 5 heteroatoms. The number of methoxy groups -OCH3 is 1. The molecule has 1 aromatic carbocycles. The molecular weight excluding hydrogens is 242 g/mol. The number of aliphatic hydroxyl groups excluding tert-OH is 1. The van der Waals surface area contributed by atoms with Crippen LogP contribution in [0.25, 0.3) is 0 Å². The van der Waals surface area contributed by atoms with Crippen LogP contribution in [0.15, 0.2) is 18.2 Å². The van der Waals surface area contributed by atoms with Crippen LogP contribution < -0.4 is 5.32 Å². The topological polar surface area (TPSA) is 58.6 Å². The Bertz CT molecular complexity index is 395. The van der Waals surface area contributed by atoms with E-state index in [4.69, 9.17) is 11.6 Å². The fraction of sp³-hybridized carbons (Fsp3) is 0.417. The Morgan fingerprint density at radius 1 is 1.59 bits per heavy atom. The number of carbonyl (C=O) groups excluding carboxylic acids is 1. The molecule has 17 heavy (non-hydrogen) atoms. The molecule has 0 aromatic heterocycles. The van der Waals surface area contributed by atoms with E-state index in [2.05, 4.69) is 10.1 Å². The van der Waals surface area contributed by atoms with Crippen molar-refractivity contribution in [2.75, 3.05) is 24.9 Å². The maximum Gasteiger partial charge on any atom is 0.337 e. The highest BCUT2D eigenvalue weighted by atomic mass is 35.5. The van der Waals surface area contributed by atoms with Crippen molar-refractivity contribution in [2.24, 2.45) is 0 Å². The fourth-order valence-electron chi connectivity index (χ4n) is 1.39. The number of ether oxygens (including phenoxy) is 1. The van der Waals surface area contributed by atoms with Crippen molar-refractivity contribution >= 4 is 23.3 Å². The van der Waals surface area contributed by atoms with Gasteiger partial charge in [0.1, 0.15) is 0 Å². The van der Waals surface area contributed by atoms with Crippen LogP contribution >= 0.6 is 11.6 Å². The maximum absolute atomic E-state index is 11.3. The lowest BCUT2D eigenvalue weighted by atomic mass is 10.1. The van der Waals surface area contributed by atoms with Gasteiger partial charge in [0, 0.05) is 12.2 Å². The van der Waals surface area contributed by atoms with E-state index in [0.29, 0.717) is 12.1 Å². The third kappa shape index (κ3) is 3.91. The summed E-state index contributed by atoms with van der Waals surface area (Å²) in [6, 6.07) is 5.19. The second kappa shape index (κ2) is 6.47. The first kappa shape index (κ1) is 13.8. The second-order valence-corrected chi connectivity index (χ2v) is 4.02. The Hall–Kier alpha value is -1.26. The van der Waals surface area contributed by atoms with Crippen LogP contribution in [0.2, 0.25) is 0 Å². The van der Waals surface area contributed by atoms with Gasteiger partial charge >= 0.3 is 5.97 Å². The number of halogens is 1. The predicted octanol–water partition coefficient (Wildman–Crippen LogP) is 1.79. The molecule has 0 heterocycles. The normalized spacial score (nSPS) is 12.0. The molecule has 94 valence electrons. The van der Waals surface area contributed by atoms with Gasteiger partial charge in [0.2, 0.25) is 0 Å². The first-order chi connectivity index (χ1) is 8.08. The summed E-state index contributed by atoms with van der Waals surface area (Å²) in [4.78, 5) is 11.3. The molecular formula is C12H16ClNO3. The number of esters is 1. The summed E-state index contributed by atoms with van der Waals surface area (Å²) in [5.41, 5.74) is 2.28. The van der Waals surface area contributed by atoms with Crippen molar-refractivity contribution < 1.29 is 14.6 Å². The molecule has 0 spiro atoms. The predicted molar refractivity (Wildman–Crippen MR) is 67.7 cm³/mol. The van der Waals surface area contributed by atoms with Gasteiger partial charge in [-0.1, -0.05) is 0 Å². The minimum atomic E-state index is -0.587. The number of rotatable bonds is 5. The minimum absolute atomic E-state index is 0.187. The van der Waals surface area contributed by atoms with Gasteiger partial charge in [0.25, 0.3) is 0 Å².